The number of nitriles is 1. The number of aromatic amines is 2. The normalized spacial score (nSPS) is 10.6. The number of aromatic nitrogens is 2. The largest absolute Gasteiger partial charge is 0.371 e. The van der Waals surface area contributed by atoms with Crippen LogP contribution >= 0.6 is 12.2 Å². The van der Waals surface area contributed by atoms with E-state index in [-0.39, 0.29) is 22.7 Å². The first-order valence-corrected chi connectivity index (χ1v) is 9.20. The van der Waals surface area contributed by atoms with Crippen molar-refractivity contribution in [3.63, 3.8) is 0 Å². The number of nitrogens with zero attached hydrogens (tertiary/aromatic N) is 3. The molecule has 0 spiro atoms. The topological polar surface area (TPSA) is 117 Å². The fourth-order valence-electron chi connectivity index (χ4n) is 2.66. The second kappa shape index (κ2) is 10.2. The molecule has 0 saturated heterocycles. The molecule has 0 aliphatic heterocycles. The SMILES string of the molecule is CCN(CCC#N)c1ccc(/C=N\NC(=O)Cc2cc(=O)[nH]c(=S)[nH]2)c(C)c1. The number of rotatable bonds is 8. The lowest BCUT2D eigenvalue weighted by molar-refractivity contribution is -0.120. The summed E-state index contributed by atoms with van der Waals surface area (Å²) in [5, 5.41) is 12.7. The molecule has 9 heteroatoms. The summed E-state index contributed by atoms with van der Waals surface area (Å²) >= 11 is 4.87. The number of carbonyl (C=O) groups is 1. The van der Waals surface area contributed by atoms with Crippen LogP contribution in [0.3, 0.4) is 0 Å². The fourth-order valence-corrected chi connectivity index (χ4v) is 2.89. The van der Waals surface area contributed by atoms with E-state index in [4.69, 9.17) is 17.5 Å². The minimum Gasteiger partial charge on any atom is -0.371 e. The van der Waals surface area contributed by atoms with Gasteiger partial charge < -0.3 is 9.88 Å². The average molecular weight is 398 g/mol. The number of hydrogen-bond acceptors (Lipinski definition) is 6. The van der Waals surface area contributed by atoms with Crippen LogP contribution in [-0.2, 0) is 11.2 Å². The molecule has 1 amide bonds. The summed E-state index contributed by atoms with van der Waals surface area (Å²) in [6.07, 6.45) is 2.01. The van der Waals surface area contributed by atoms with Crippen molar-refractivity contribution in [2.24, 2.45) is 5.10 Å². The Balaban J connectivity index is 1.99. The summed E-state index contributed by atoms with van der Waals surface area (Å²) in [5.74, 6) is -0.365. The zero-order valence-electron chi connectivity index (χ0n) is 15.8. The van der Waals surface area contributed by atoms with Crippen LogP contribution < -0.4 is 15.9 Å². The summed E-state index contributed by atoms with van der Waals surface area (Å²) in [6.45, 7) is 5.50. The van der Waals surface area contributed by atoms with E-state index in [0.717, 1.165) is 23.4 Å². The number of hydrogen-bond donors (Lipinski definition) is 3. The molecule has 0 bridgehead atoms. The van der Waals surface area contributed by atoms with Crippen molar-refractivity contribution in [2.75, 3.05) is 18.0 Å². The highest BCUT2D eigenvalue weighted by molar-refractivity contribution is 7.71. The first-order chi connectivity index (χ1) is 13.4. The third kappa shape index (κ3) is 6.17. The third-order valence-electron chi connectivity index (χ3n) is 4.05. The molecule has 2 aromatic rings. The number of benzene rings is 1. The summed E-state index contributed by atoms with van der Waals surface area (Å²) < 4.78 is 0.172. The molecule has 146 valence electrons. The Labute approximate surface area is 167 Å². The van der Waals surface area contributed by atoms with Crippen LogP contribution in [0.25, 0.3) is 0 Å². The van der Waals surface area contributed by atoms with E-state index in [0.29, 0.717) is 18.7 Å². The van der Waals surface area contributed by atoms with E-state index in [9.17, 15) is 9.59 Å². The maximum Gasteiger partial charge on any atom is 0.251 e. The van der Waals surface area contributed by atoms with Crippen LogP contribution in [0.5, 0.6) is 0 Å². The maximum absolute atomic E-state index is 12.0. The number of carbonyl (C=O) groups excluding carboxylic acids is 1. The second-order valence-electron chi connectivity index (χ2n) is 6.11. The smallest absolute Gasteiger partial charge is 0.251 e. The molecule has 0 aliphatic rings. The van der Waals surface area contributed by atoms with E-state index in [2.05, 4.69) is 31.5 Å². The molecule has 2 rings (SSSR count). The van der Waals surface area contributed by atoms with Crippen molar-refractivity contribution in [2.45, 2.75) is 26.7 Å². The summed E-state index contributed by atoms with van der Waals surface area (Å²) in [5.41, 5.74) is 5.41. The highest BCUT2D eigenvalue weighted by Crippen LogP contribution is 2.18. The lowest BCUT2D eigenvalue weighted by Crippen LogP contribution is -2.23. The van der Waals surface area contributed by atoms with E-state index in [1.807, 2.05) is 32.0 Å². The molecule has 0 aliphatic carbocycles. The standard InChI is InChI=1S/C19H22N6O2S/c1-3-25(8-4-7-20)16-6-5-14(13(2)9-16)12-21-24-18(27)11-15-10-17(26)23-19(28)22-15/h5-6,9-10,12H,3-4,8,11H2,1-2H3,(H,24,27)(H2,22,23,26,28)/b21-12-. The second-order valence-corrected chi connectivity index (χ2v) is 6.52. The van der Waals surface area contributed by atoms with Crippen LogP contribution in [0.4, 0.5) is 5.69 Å². The molecule has 1 heterocycles. The number of H-pyrrole nitrogens is 2. The Bertz CT molecular complexity index is 990. The van der Waals surface area contributed by atoms with Crippen molar-refractivity contribution >= 4 is 30.0 Å². The van der Waals surface area contributed by atoms with Crippen molar-refractivity contribution in [3.05, 3.63) is 56.2 Å². The van der Waals surface area contributed by atoms with Crippen molar-refractivity contribution in [1.82, 2.24) is 15.4 Å². The van der Waals surface area contributed by atoms with Crippen molar-refractivity contribution in [3.8, 4) is 6.07 Å². The average Bonchev–Trinajstić information content (AvgIpc) is 2.63. The van der Waals surface area contributed by atoms with Crippen LogP contribution in [0, 0.1) is 23.0 Å². The predicted octanol–water partition coefficient (Wildman–Crippen LogP) is 2.17. The van der Waals surface area contributed by atoms with E-state index < -0.39 is 0 Å². The predicted molar refractivity (Wildman–Crippen MR) is 111 cm³/mol. The third-order valence-corrected chi connectivity index (χ3v) is 4.26. The van der Waals surface area contributed by atoms with Gasteiger partial charge in [0.05, 0.1) is 25.1 Å². The van der Waals surface area contributed by atoms with Crippen LogP contribution in [0.15, 0.2) is 34.2 Å². The molecule has 3 N–H and O–H groups in total. The van der Waals surface area contributed by atoms with E-state index in [1.165, 1.54) is 6.07 Å². The van der Waals surface area contributed by atoms with Crippen LogP contribution in [-0.4, -0.2) is 35.2 Å². The van der Waals surface area contributed by atoms with Gasteiger partial charge in [-0.1, -0.05) is 6.07 Å². The van der Waals surface area contributed by atoms with Gasteiger partial charge in [-0.15, -0.1) is 0 Å². The van der Waals surface area contributed by atoms with Gasteiger partial charge in [-0.2, -0.15) is 10.4 Å². The van der Waals surface area contributed by atoms with Gasteiger partial charge in [0.25, 0.3) is 5.56 Å². The molecule has 0 radical (unpaired) electrons. The number of aryl methyl sites for hydroxylation is 1. The first kappa shape index (κ1) is 21.1. The van der Waals surface area contributed by atoms with Gasteiger partial charge in [0.1, 0.15) is 0 Å². The summed E-state index contributed by atoms with van der Waals surface area (Å²) in [4.78, 5) is 30.6. The highest BCUT2D eigenvalue weighted by atomic mass is 32.1. The maximum atomic E-state index is 12.0. The van der Waals surface area contributed by atoms with Crippen molar-refractivity contribution < 1.29 is 4.79 Å². The Kier molecular flexibility index (Phi) is 7.65. The van der Waals surface area contributed by atoms with E-state index >= 15 is 0 Å². The molecule has 28 heavy (non-hydrogen) atoms. The van der Waals surface area contributed by atoms with Gasteiger partial charge in [-0.3, -0.25) is 14.6 Å². The first-order valence-electron chi connectivity index (χ1n) is 8.80. The zero-order valence-corrected chi connectivity index (χ0v) is 16.6. The fraction of sp³-hybridized carbons (Fsp3) is 0.316. The summed E-state index contributed by atoms with van der Waals surface area (Å²) in [7, 11) is 0. The lowest BCUT2D eigenvalue weighted by Gasteiger charge is -2.22. The van der Waals surface area contributed by atoms with Gasteiger partial charge in [0.2, 0.25) is 5.91 Å². The monoisotopic (exact) mass is 398 g/mol. The molecule has 1 aromatic carbocycles. The molecular formula is C19H22N6O2S. The Morgan fingerprint density at radius 1 is 1.39 bits per heavy atom. The van der Waals surface area contributed by atoms with Gasteiger partial charge in [-0.25, -0.2) is 5.43 Å². The molecule has 0 unspecified atom stereocenters. The molecular weight excluding hydrogens is 376 g/mol. The number of nitrogens with one attached hydrogen (secondary N) is 3. The number of anilines is 1. The Morgan fingerprint density at radius 2 is 2.18 bits per heavy atom. The van der Waals surface area contributed by atoms with E-state index in [1.54, 1.807) is 6.21 Å². The molecule has 0 fully saturated rings. The van der Waals surface area contributed by atoms with Gasteiger partial charge in [-0.05, 0) is 49.3 Å². The summed E-state index contributed by atoms with van der Waals surface area (Å²) in [6, 6.07) is 9.36. The molecule has 8 nitrogen and oxygen atoms in total. The Hall–Kier alpha value is -3.25. The molecule has 0 atom stereocenters. The quantitative estimate of drug-likeness (QED) is 0.358. The van der Waals surface area contributed by atoms with Crippen LogP contribution in [0.1, 0.15) is 30.2 Å². The number of hydrazone groups is 1. The molecule has 1 aromatic heterocycles. The zero-order chi connectivity index (χ0) is 20.5. The minimum absolute atomic E-state index is 0.0346. The van der Waals surface area contributed by atoms with Gasteiger partial charge in [0.15, 0.2) is 4.77 Å². The lowest BCUT2D eigenvalue weighted by atomic mass is 10.1. The van der Waals surface area contributed by atoms with Gasteiger partial charge >= 0.3 is 0 Å². The highest BCUT2D eigenvalue weighted by Gasteiger charge is 2.06. The van der Waals surface area contributed by atoms with Gasteiger partial charge in [0, 0.05) is 30.5 Å². The molecule has 0 saturated carbocycles. The number of amides is 1. The Morgan fingerprint density at radius 3 is 2.82 bits per heavy atom. The van der Waals surface area contributed by atoms with Crippen molar-refractivity contribution in [1.29, 1.82) is 5.26 Å². The minimum atomic E-state index is -0.365. The van der Waals surface area contributed by atoms with Crippen LogP contribution in [0.2, 0.25) is 0 Å².